The molecule has 1 aromatic heterocycles. The van der Waals surface area contributed by atoms with Crippen LogP contribution in [0, 0.1) is 13.8 Å². The molecule has 0 bridgehead atoms. The van der Waals surface area contributed by atoms with Gasteiger partial charge >= 0.3 is 0 Å². The molecule has 116 valence electrons. The van der Waals surface area contributed by atoms with Crippen LogP contribution in [0.3, 0.4) is 0 Å². The molecule has 3 rings (SSSR count). The van der Waals surface area contributed by atoms with E-state index in [4.69, 9.17) is 4.74 Å². The molecule has 4 nitrogen and oxygen atoms in total. The summed E-state index contributed by atoms with van der Waals surface area (Å²) >= 11 is 1.48. The molecular formula is C17H20N2O2S. The Morgan fingerprint density at radius 1 is 1.32 bits per heavy atom. The van der Waals surface area contributed by atoms with Gasteiger partial charge in [-0.05, 0) is 38.3 Å². The zero-order chi connectivity index (χ0) is 15.5. The first-order valence-electron chi connectivity index (χ1n) is 7.57. The van der Waals surface area contributed by atoms with Crippen LogP contribution in [0.2, 0.25) is 0 Å². The fourth-order valence-electron chi connectivity index (χ4n) is 2.66. The summed E-state index contributed by atoms with van der Waals surface area (Å²) in [5.74, 6) is 0.916. The minimum Gasteiger partial charge on any atom is -0.486 e. The minimum atomic E-state index is 0.0477. The molecule has 1 aliphatic rings. The number of hydrogen-bond acceptors (Lipinski definition) is 4. The van der Waals surface area contributed by atoms with Gasteiger partial charge in [0.1, 0.15) is 23.1 Å². The highest BCUT2D eigenvalue weighted by molar-refractivity contribution is 7.09. The summed E-state index contributed by atoms with van der Waals surface area (Å²) in [6.45, 7) is 6.21. The van der Waals surface area contributed by atoms with Crippen molar-refractivity contribution in [2.24, 2.45) is 0 Å². The van der Waals surface area contributed by atoms with E-state index in [1.54, 1.807) is 0 Å². The van der Waals surface area contributed by atoms with E-state index < -0.39 is 0 Å². The van der Waals surface area contributed by atoms with Crippen molar-refractivity contribution >= 4 is 17.2 Å². The molecule has 1 amide bonds. The van der Waals surface area contributed by atoms with Crippen LogP contribution in [-0.2, 0) is 6.61 Å². The number of aromatic nitrogens is 1. The molecule has 0 atom stereocenters. The number of aryl methyl sites for hydroxylation is 2. The zero-order valence-electron chi connectivity index (χ0n) is 13.0. The van der Waals surface area contributed by atoms with Crippen LogP contribution in [0.4, 0.5) is 0 Å². The molecule has 0 aliphatic carbocycles. The van der Waals surface area contributed by atoms with Gasteiger partial charge in [-0.25, -0.2) is 4.98 Å². The third-order valence-corrected chi connectivity index (χ3v) is 4.67. The third kappa shape index (κ3) is 3.30. The largest absolute Gasteiger partial charge is 0.486 e. The number of ether oxygens (including phenoxy) is 1. The summed E-state index contributed by atoms with van der Waals surface area (Å²) in [6, 6.07) is 6.11. The lowest BCUT2D eigenvalue weighted by Gasteiger charge is -2.12. The predicted octanol–water partition coefficient (Wildman–Crippen LogP) is 3.57. The van der Waals surface area contributed by atoms with Crippen LogP contribution in [0.25, 0.3) is 0 Å². The third-order valence-electron chi connectivity index (χ3n) is 3.85. The summed E-state index contributed by atoms with van der Waals surface area (Å²) in [7, 11) is 0. The molecule has 1 aromatic carbocycles. The van der Waals surface area contributed by atoms with Gasteiger partial charge in [-0.2, -0.15) is 0 Å². The lowest BCUT2D eigenvalue weighted by Crippen LogP contribution is -2.27. The second kappa shape index (κ2) is 6.48. The van der Waals surface area contributed by atoms with Crippen molar-refractivity contribution in [1.29, 1.82) is 0 Å². The SMILES string of the molecule is Cc1ccc(OCc2nc(C(=O)N3CCCC3)cs2)c(C)c1. The van der Waals surface area contributed by atoms with Crippen LogP contribution in [0.5, 0.6) is 5.75 Å². The van der Waals surface area contributed by atoms with Gasteiger partial charge in [0.15, 0.2) is 0 Å². The highest BCUT2D eigenvalue weighted by atomic mass is 32.1. The first-order valence-corrected chi connectivity index (χ1v) is 8.45. The van der Waals surface area contributed by atoms with Crippen LogP contribution in [0.15, 0.2) is 23.6 Å². The molecule has 2 heterocycles. The summed E-state index contributed by atoms with van der Waals surface area (Å²) < 4.78 is 5.82. The van der Waals surface area contributed by atoms with Gasteiger partial charge in [-0.15, -0.1) is 11.3 Å². The van der Waals surface area contributed by atoms with E-state index >= 15 is 0 Å². The monoisotopic (exact) mass is 316 g/mol. The van der Waals surface area contributed by atoms with E-state index in [1.807, 2.05) is 29.3 Å². The molecular weight excluding hydrogens is 296 g/mol. The maximum atomic E-state index is 12.3. The maximum absolute atomic E-state index is 12.3. The first kappa shape index (κ1) is 15.0. The summed E-state index contributed by atoms with van der Waals surface area (Å²) in [5.41, 5.74) is 2.88. The number of thiazole rings is 1. The maximum Gasteiger partial charge on any atom is 0.273 e. The second-order valence-corrected chi connectivity index (χ2v) is 6.63. The van der Waals surface area contributed by atoms with Crippen LogP contribution in [-0.4, -0.2) is 28.9 Å². The lowest BCUT2D eigenvalue weighted by atomic mass is 10.1. The number of amides is 1. The van der Waals surface area contributed by atoms with Gasteiger partial charge in [0.05, 0.1) is 0 Å². The Kier molecular flexibility index (Phi) is 4.43. The highest BCUT2D eigenvalue weighted by Gasteiger charge is 2.21. The fourth-order valence-corrected chi connectivity index (χ4v) is 3.34. The number of benzene rings is 1. The molecule has 0 N–H and O–H groups in total. The smallest absolute Gasteiger partial charge is 0.273 e. The summed E-state index contributed by atoms with van der Waals surface area (Å²) in [6.07, 6.45) is 2.19. The van der Waals surface area contributed by atoms with Crippen molar-refractivity contribution in [2.75, 3.05) is 13.1 Å². The highest BCUT2D eigenvalue weighted by Crippen LogP contribution is 2.21. The van der Waals surface area contributed by atoms with Crippen molar-refractivity contribution in [1.82, 2.24) is 9.88 Å². The molecule has 0 unspecified atom stereocenters. The molecule has 1 saturated heterocycles. The van der Waals surface area contributed by atoms with E-state index in [0.717, 1.165) is 42.3 Å². The van der Waals surface area contributed by atoms with Crippen LogP contribution >= 0.6 is 11.3 Å². The van der Waals surface area contributed by atoms with Crippen molar-refractivity contribution in [3.05, 3.63) is 45.4 Å². The zero-order valence-corrected chi connectivity index (χ0v) is 13.8. The first-order chi connectivity index (χ1) is 10.6. The van der Waals surface area contributed by atoms with Gasteiger partial charge in [0, 0.05) is 18.5 Å². The number of carbonyl (C=O) groups excluding carboxylic acids is 1. The van der Waals surface area contributed by atoms with Crippen LogP contribution in [0.1, 0.15) is 39.5 Å². The average Bonchev–Trinajstić information content (AvgIpc) is 3.17. The summed E-state index contributed by atoms with van der Waals surface area (Å²) in [4.78, 5) is 18.6. The molecule has 22 heavy (non-hydrogen) atoms. The molecule has 2 aromatic rings. The van der Waals surface area contributed by atoms with Gasteiger partial charge in [-0.1, -0.05) is 17.7 Å². The number of rotatable bonds is 4. The van der Waals surface area contributed by atoms with E-state index in [2.05, 4.69) is 18.0 Å². The van der Waals surface area contributed by atoms with Crippen molar-refractivity contribution in [3.63, 3.8) is 0 Å². The molecule has 1 fully saturated rings. The van der Waals surface area contributed by atoms with Gasteiger partial charge in [0.25, 0.3) is 5.91 Å². The number of nitrogens with zero attached hydrogens (tertiary/aromatic N) is 2. The fraction of sp³-hybridized carbons (Fsp3) is 0.412. The van der Waals surface area contributed by atoms with Crippen molar-refractivity contribution in [2.45, 2.75) is 33.3 Å². The van der Waals surface area contributed by atoms with Crippen LogP contribution < -0.4 is 4.74 Å². The van der Waals surface area contributed by atoms with E-state index in [1.165, 1.54) is 16.9 Å². The van der Waals surface area contributed by atoms with Gasteiger partial charge in [0.2, 0.25) is 0 Å². The Balaban J connectivity index is 1.63. The molecule has 0 spiro atoms. The standard InChI is InChI=1S/C17H20N2O2S/c1-12-5-6-15(13(2)9-12)21-10-16-18-14(11-22-16)17(20)19-7-3-4-8-19/h5-6,9,11H,3-4,7-8,10H2,1-2H3. The van der Waals surface area contributed by atoms with E-state index in [-0.39, 0.29) is 5.91 Å². The Hall–Kier alpha value is -1.88. The van der Waals surface area contributed by atoms with E-state index in [9.17, 15) is 4.79 Å². The molecule has 0 radical (unpaired) electrons. The van der Waals surface area contributed by atoms with E-state index in [0.29, 0.717) is 12.3 Å². The van der Waals surface area contributed by atoms with Gasteiger partial charge < -0.3 is 9.64 Å². The van der Waals surface area contributed by atoms with Gasteiger partial charge in [-0.3, -0.25) is 4.79 Å². The summed E-state index contributed by atoms with van der Waals surface area (Å²) in [5, 5.41) is 2.67. The Labute approximate surface area is 134 Å². The normalized spacial score (nSPS) is 14.4. The lowest BCUT2D eigenvalue weighted by molar-refractivity contribution is 0.0787. The van der Waals surface area contributed by atoms with Crippen molar-refractivity contribution < 1.29 is 9.53 Å². The number of hydrogen-bond donors (Lipinski definition) is 0. The Bertz CT molecular complexity index is 675. The Morgan fingerprint density at radius 3 is 2.82 bits per heavy atom. The molecule has 5 heteroatoms. The quantitative estimate of drug-likeness (QED) is 0.866. The average molecular weight is 316 g/mol. The second-order valence-electron chi connectivity index (χ2n) is 5.68. The topological polar surface area (TPSA) is 42.4 Å². The predicted molar refractivity (Wildman–Crippen MR) is 87.5 cm³/mol. The minimum absolute atomic E-state index is 0.0477. The number of likely N-dealkylation sites (tertiary alicyclic amines) is 1. The Morgan fingerprint density at radius 2 is 2.09 bits per heavy atom. The molecule has 0 saturated carbocycles. The molecule has 1 aliphatic heterocycles. The number of carbonyl (C=O) groups is 1. The van der Waals surface area contributed by atoms with Crippen molar-refractivity contribution in [3.8, 4) is 5.75 Å².